The quantitative estimate of drug-likeness (QED) is 0.633. The van der Waals surface area contributed by atoms with Crippen LogP contribution in [0.25, 0.3) is 0 Å². The van der Waals surface area contributed by atoms with Crippen LogP contribution in [0.5, 0.6) is 0 Å². The Morgan fingerprint density at radius 2 is 2.00 bits per heavy atom. The molecule has 3 heteroatoms. The van der Waals surface area contributed by atoms with Gasteiger partial charge in [0.25, 0.3) is 0 Å². The van der Waals surface area contributed by atoms with Gasteiger partial charge < -0.3 is 15.5 Å². The highest BCUT2D eigenvalue weighted by Gasteiger charge is 2.31. The van der Waals surface area contributed by atoms with Gasteiger partial charge in [-0.3, -0.25) is 0 Å². The molecular weight excluding hydrogens is 178 g/mol. The predicted octanol–water partition coefficient (Wildman–Crippen LogP) is 0.898. The van der Waals surface area contributed by atoms with Crippen LogP contribution in [0.4, 0.5) is 0 Å². The Labute approximate surface area is 86.5 Å². The number of hydrogen-bond acceptors (Lipinski definition) is 3. The van der Waals surface area contributed by atoms with Crippen molar-refractivity contribution < 1.29 is 10.2 Å². The minimum atomic E-state index is -0.526. The van der Waals surface area contributed by atoms with Crippen molar-refractivity contribution in [3.05, 3.63) is 0 Å². The van der Waals surface area contributed by atoms with E-state index in [-0.39, 0.29) is 6.10 Å². The fraction of sp³-hybridized carbons (Fsp3) is 1.00. The van der Waals surface area contributed by atoms with Gasteiger partial charge in [-0.25, -0.2) is 0 Å². The first-order chi connectivity index (χ1) is 6.52. The van der Waals surface area contributed by atoms with Crippen LogP contribution >= 0.6 is 0 Å². The van der Waals surface area contributed by atoms with Crippen molar-refractivity contribution in [3.8, 4) is 0 Å². The summed E-state index contributed by atoms with van der Waals surface area (Å²) in [5.74, 6) is 0.757. The van der Waals surface area contributed by atoms with Gasteiger partial charge in [-0.05, 0) is 38.5 Å². The van der Waals surface area contributed by atoms with Gasteiger partial charge in [0.15, 0.2) is 0 Å². The highest BCUT2D eigenvalue weighted by Crippen LogP contribution is 2.31. The largest absolute Gasteiger partial charge is 0.392 e. The van der Waals surface area contributed by atoms with E-state index in [0.29, 0.717) is 13.1 Å². The van der Waals surface area contributed by atoms with Gasteiger partial charge in [-0.1, -0.05) is 6.92 Å². The van der Waals surface area contributed by atoms with Crippen molar-refractivity contribution in [2.75, 3.05) is 13.1 Å². The van der Waals surface area contributed by atoms with E-state index < -0.39 is 5.60 Å². The van der Waals surface area contributed by atoms with Crippen molar-refractivity contribution in [2.45, 2.75) is 51.2 Å². The first-order valence-electron chi connectivity index (χ1n) is 5.63. The zero-order valence-corrected chi connectivity index (χ0v) is 9.29. The maximum Gasteiger partial charge on any atom is 0.0771 e. The molecule has 0 heterocycles. The first-order valence-corrected chi connectivity index (χ1v) is 5.63. The lowest BCUT2D eigenvalue weighted by Gasteiger charge is -2.35. The molecule has 0 saturated heterocycles. The summed E-state index contributed by atoms with van der Waals surface area (Å²) in [5.41, 5.74) is -0.526. The third-order valence-corrected chi connectivity index (χ3v) is 3.10. The van der Waals surface area contributed by atoms with E-state index in [0.717, 1.165) is 31.6 Å². The molecule has 0 amide bonds. The zero-order valence-electron chi connectivity index (χ0n) is 9.29. The molecular formula is C11H23NO2. The van der Waals surface area contributed by atoms with E-state index in [1.165, 1.54) is 0 Å². The van der Waals surface area contributed by atoms with Crippen LogP contribution in [0, 0.1) is 5.92 Å². The Bertz CT molecular complexity index is 163. The van der Waals surface area contributed by atoms with E-state index in [2.05, 4.69) is 12.2 Å². The Morgan fingerprint density at radius 1 is 1.43 bits per heavy atom. The van der Waals surface area contributed by atoms with Crippen LogP contribution in [0.1, 0.15) is 39.5 Å². The summed E-state index contributed by atoms with van der Waals surface area (Å²) in [6.07, 6.45) is 3.68. The number of aliphatic hydroxyl groups excluding tert-OH is 1. The molecule has 0 spiro atoms. The molecule has 0 aromatic rings. The molecule has 0 bridgehead atoms. The molecule has 1 aliphatic rings. The summed E-state index contributed by atoms with van der Waals surface area (Å²) < 4.78 is 0. The standard InChI is InChI=1S/C11H23NO2/c1-9-3-5-11(14,6-4-9)8-12-7-10(2)13/h9-10,12-14H,3-8H2,1-2H3/t9?,10-,11?/m0/s1. The van der Waals surface area contributed by atoms with Crippen molar-refractivity contribution in [3.63, 3.8) is 0 Å². The maximum absolute atomic E-state index is 10.2. The van der Waals surface area contributed by atoms with Gasteiger partial charge in [0.2, 0.25) is 0 Å². The lowest BCUT2D eigenvalue weighted by Crippen LogP contribution is -2.44. The molecule has 1 aliphatic carbocycles. The molecule has 3 nitrogen and oxygen atoms in total. The van der Waals surface area contributed by atoms with E-state index in [4.69, 9.17) is 5.11 Å². The Hall–Kier alpha value is -0.120. The van der Waals surface area contributed by atoms with Crippen LogP contribution < -0.4 is 5.32 Å². The van der Waals surface area contributed by atoms with Crippen LogP contribution in [0.3, 0.4) is 0 Å². The number of rotatable bonds is 4. The van der Waals surface area contributed by atoms with Crippen LogP contribution in [-0.4, -0.2) is 35.0 Å². The molecule has 84 valence electrons. The van der Waals surface area contributed by atoms with Gasteiger partial charge >= 0.3 is 0 Å². The van der Waals surface area contributed by atoms with E-state index >= 15 is 0 Å². The fourth-order valence-corrected chi connectivity index (χ4v) is 1.99. The molecule has 3 N–H and O–H groups in total. The summed E-state index contributed by atoms with van der Waals surface area (Å²) in [7, 11) is 0. The highest BCUT2D eigenvalue weighted by molar-refractivity contribution is 4.86. The van der Waals surface area contributed by atoms with Gasteiger partial charge in [-0.15, -0.1) is 0 Å². The van der Waals surface area contributed by atoms with Crippen molar-refractivity contribution in [1.29, 1.82) is 0 Å². The predicted molar refractivity (Wildman–Crippen MR) is 57.1 cm³/mol. The lowest BCUT2D eigenvalue weighted by atomic mass is 9.79. The number of nitrogens with one attached hydrogen (secondary N) is 1. The average molecular weight is 201 g/mol. The van der Waals surface area contributed by atoms with Crippen molar-refractivity contribution in [2.24, 2.45) is 5.92 Å². The molecule has 0 radical (unpaired) electrons. The van der Waals surface area contributed by atoms with Crippen LogP contribution in [-0.2, 0) is 0 Å². The van der Waals surface area contributed by atoms with Crippen LogP contribution in [0.2, 0.25) is 0 Å². The van der Waals surface area contributed by atoms with E-state index in [1.807, 2.05) is 0 Å². The fourth-order valence-electron chi connectivity index (χ4n) is 1.99. The maximum atomic E-state index is 10.2. The minimum Gasteiger partial charge on any atom is -0.392 e. The molecule has 0 aliphatic heterocycles. The second-order valence-electron chi connectivity index (χ2n) is 4.89. The topological polar surface area (TPSA) is 52.5 Å². The van der Waals surface area contributed by atoms with Gasteiger partial charge in [0.05, 0.1) is 11.7 Å². The first kappa shape index (κ1) is 12.0. The summed E-state index contributed by atoms with van der Waals surface area (Å²) in [4.78, 5) is 0. The minimum absolute atomic E-state index is 0.332. The zero-order chi connectivity index (χ0) is 10.6. The number of hydrogen-bond donors (Lipinski definition) is 3. The highest BCUT2D eigenvalue weighted by atomic mass is 16.3. The summed E-state index contributed by atoms with van der Waals surface area (Å²) in [6.45, 7) is 5.17. The Balaban J connectivity index is 2.21. The second kappa shape index (κ2) is 5.10. The van der Waals surface area contributed by atoms with Gasteiger partial charge in [-0.2, -0.15) is 0 Å². The Morgan fingerprint density at radius 3 is 2.50 bits per heavy atom. The normalized spacial score (nSPS) is 35.6. The molecule has 1 rings (SSSR count). The van der Waals surface area contributed by atoms with Gasteiger partial charge in [0.1, 0.15) is 0 Å². The molecule has 0 unspecified atom stereocenters. The van der Waals surface area contributed by atoms with Crippen molar-refractivity contribution >= 4 is 0 Å². The Kier molecular flexibility index (Phi) is 4.35. The summed E-state index contributed by atoms with van der Waals surface area (Å²) in [6, 6.07) is 0. The van der Waals surface area contributed by atoms with Crippen molar-refractivity contribution in [1.82, 2.24) is 5.32 Å². The number of aliphatic hydroxyl groups is 2. The SMILES string of the molecule is CC1CCC(O)(CNC[C@H](C)O)CC1. The average Bonchev–Trinajstić information content (AvgIpc) is 2.10. The lowest BCUT2D eigenvalue weighted by molar-refractivity contribution is -0.00765. The summed E-state index contributed by atoms with van der Waals surface area (Å²) >= 11 is 0. The third kappa shape index (κ3) is 3.95. The van der Waals surface area contributed by atoms with Crippen LogP contribution in [0.15, 0.2) is 0 Å². The molecule has 14 heavy (non-hydrogen) atoms. The molecule has 1 fully saturated rings. The van der Waals surface area contributed by atoms with E-state index in [9.17, 15) is 5.11 Å². The second-order valence-corrected chi connectivity index (χ2v) is 4.89. The molecule has 1 atom stereocenters. The van der Waals surface area contributed by atoms with Gasteiger partial charge in [0, 0.05) is 13.1 Å². The molecule has 0 aromatic carbocycles. The molecule has 0 aromatic heterocycles. The monoisotopic (exact) mass is 201 g/mol. The smallest absolute Gasteiger partial charge is 0.0771 e. The summed E-state index contributed by atoms with van der Waals surface area (Å²) in [5, 5.41) is 22.3. The third-order valence-electron chi connectivity index (χ3n) is 3.10. The van der Waals surface area contributed by atoms with E-state index in [1.54, 1.807) is 6.92 Å². The molecule has 1 saturated carbocycles.